The van der Waals surface area contributed by atoms with E-state index < -0.39 is 0 Å². The molecule has 0 saturated carbocycles. The Balaban J connectivity index is 1.62. The highest BCUT2D eigenvalue weighted by Gasteiger charge is 2.13. The average Bonchev–Trinajstić information content (AvgIpc) is 2.63. The number of hydrogen-bond donors (Lipinski definition) is 1. The first-order chi connectivity index (χ1) is 11.7. The number of allylic oxidation sites excluding steroid dienone is 1. The Hall–Kier alpha value is -2.82. The number of amides is 1. The summed E-state index contributed by atoms with van der Waals surface area (Å²) in [5, 5.41) is 2.82. The number of hydrogen-bond acceptors (Lipinski definition) is 4. The highest BCUT2D eigenvalue weighted by molar-refractivity contribution is 5.91. The van der Waals surface area contributed by atoms with Crippen LogP contribution in [-0.4, -0.2) is 17.5 Å². The van der Waals surface area contributed by atoms with E-state index in [0.29, 0.717) is 24.7 Å². The molecule has 24 heavy (non-hydrogen) atoms. The van der Waals surface area contributed by atoms with Gasteiger partial charge in [-0.2, -0.15) is 0 Å². The Morgan fingerprint density at radius 3 is 3.00 bits per heavy atom. The van der Waals surface area contributed by atoms with Crippen molar-refractivity contribution in [2.45, 2.75) is 26.3 Å². The van der Waals surface area contributed by atoms with Gasteiger partial charge in [-0.25, -0.2) is 0 Å². The minimum Gasteiger partial charge on any atom is -0.488 e. The second kappa shape index (κ2) is 7.64. The number of carbonyl (C=O) groups is 1. The van der Waals surface area contributed by atoms with Gasteiger partial charge in [0.25, 0.3) is 5.91 Å². The van der Waals surface area contributed by atoms with Crippen LogP contribution in [-0.2, 0) is 16.1 Å². The molecule has 3 rings (SSSR count). The number of aryl methyl sites for hydroxylation is 1. The molecule has 1 aliphatic rings. The number of benzene rings is 1. The van der Waals surface area contributed by atoms with E-state index in [4.69, 9.17) is 9.47 Å². The van der Waals surface area contributed by atoms with Gasteiger partial charge in [0.2, 0.25) is 0 Å². The summed E-state index contributed by atoms with van der Waals surface area (Å²) in [6.07, 6.45) is 5.33. The van der Waals surface area contributed by atoms with E-state index >= 15 is 0 Å². The fraction of sp³-hybridized carbons (Fsp3) is 0.263. The summed E-state index contributed by atoms with van der Waals surface area (Å²) >= 11 is 0. The molecule has 1 amide bonds. The van der Waals surface area contributed by atoms with Crippen LogP contribution >= 0.6 is 0 Å². The van der Waals surface area contributed by atoms with Gasteiger partial charge in [0.1, 0.15) is 11.5 Å². The average molecular weight is 324 g/mol. The molecule has 1 aliphatic heterocycles. The van der Waals surface area contributed by atoms with Crippen molar-refractivity contribution < 1.29 is 14.3 Å². The molecule has 1 aromatic carbocycles. The van der Waals surface area contributed by atoms with Gasteiger partial charge in [0.05, 0.1) is 18.8 Å². The zero-order valence-corrected chi connectivity index (χ0v) is 13.6. The largest absolute Gasteiger partial charge is 0.488 e. The summed E-state index contributed by atoms with van der Waals surface area (Å²) in [5.41, 5.74) is 1.79. The van der Waals surface area contributed by atoms with Crippen molar-refractivity contribution in [2.75, 3.05) is 6.61 Å². The van der Waals surface area contributed by atoms with E-state index in [9.17, 15) is 4.79 Å². The molecular weight excluding hydrogens is 304 g/mol. The zero-order chi connectivity index (χ0) is 16.8. The molecule has 0 unspecified atom stereocenters. The number of nitrogens with one attached hydrogen (secondary N) is 1. The van der Waals surface area contributed by atoms with Gasteiger partial charge in [-0.15, -0.1) is 0 Å². The molecule has 1 N–H and O–H groups in total. The van der Waals surface area contributed by atoms with Crippen molar-refractivity contribution in [3.63, 3.8) is 0 Å². The Morgan fingerprint density at radius 2 is 2.21 bits per heavy atom. The van der Waals surface area contributed by atoms with E-state index in [1.54, 1.807) is 12.3 Å². The Bertz CT molecular complexity index is 756. The number of para-hydroxylation sites is 1. The standard InChI is InChI=1S/C19H20N2O3/c1-14-6-2-3-7-17(14)24-16-9-10-20-15(12-16)13-21-19(22)18-8-4-5-11-23-18/h2-3,6-10,12H,4-5,11,13H2,1H3,(H,21,22). The fourth-order valence-corrected chi connectivity index (χ4v) is 2.39. The molecule has 0 aliphatic carbocycles. The van der Waals surface area contributed by atoms with Crippen LogP contribution in [0.4, 0.5) is 0 Å². The molecule has 124 valence electrons. The van der Waals surface area contributed by atoms with Gasteiger partial charge in [-0.3, -0.25) is 9.78 Å². The van der Waals surface area contributed by atoms with Gasteiger partial charge < -0.3 is 14.8 Å². The first kappa shape index (κ1) is 16.1. The van der Waals surface area contributed by atoms with E-state index in [0.717, 1.165) is 29.8 Å². The maximum Gasteiger partial charge on any atom is 0.286 e. The lowest BCUT2D eigenvalue weighted by molar-refractivity contribution is -0.121. The number of carbonyl (C=O) groups excluding carboxylic acids is 1. The molecule has 0 fully saturated rings. The minimum atomic E-state index is -0.207. The Labute approximate surface area is 141 Å². The van der Waals surface area contributed by atoms with Gasteiger partial charge in [0.15, 0.2) is 5.76 Å². The van der Waals surface area contributed by atoms with Crippen molar-refractivity contribution in [2.24, 2.45) is 0 Å². The van der Waals surface area contributed by atoms with Crippen molar-refractivity contribution >= 4 is 5.91 Å². The van der Waals surface area contributed by atoms with Crippen LogP contribution in [0.15, 0.2) is 54.4 Å². The van der Waals surface area contributed by atoms with Crippen molar-refractivity contribution in [1.82, 2.24) is 10.3 Å². The number of aromatic nitrogens is 1. The van der Waals surface area contributed by atoms with Crippen LogP contribution in [0.2, 0.25) is 0 Å². The van der Waals surface area contributed by atoms with Crippen LogP contribution in [0.5, 0.6) is 11.5 Å². The molecule has 5 heteroatoms. The summed E-state index contributed by atoms with van der Waals surface area (Å²) in [6, 6.07) is 11.4. The van der Waals surface area contributed by atoms with Crippen molar-refractivity contribution in [1.29, 1.82) is 0 Å². The van der Waals surface area contributed by atoms with Crippen molar-refractivity contribution in [3.8, 4) is 11.5 Å². The second-order valence-corrected chi connectivity index (χ2v) is 5.59. The highest BCUT2D eigenvalue weighted by Crippen LogP contribution is 2.24. The summed E-state index contributed by atoms with van der Waals surface area (Å²) in [4.78, 5) is 16.3. The molecule has 0 spiro atoms. The molecule has 2 aromatic rings. The third-order valence-electron chi connectivity index (χ3n) is 3.70. The third-order valence-corrected chi connectivity index (χ3v) is 3.70. The second-order valence-electron chi connectivity index (χ2n) is 5.59. The van der Waals surface area contributed by atoms with Crippen LogP contribution < -0.4 is 10.1 Å². The van der Waals surface area contributed by atoms with Gasteiger partial charge in [-0.1, -0.05) is 18.2 Å². The fourth-order valence-electron chi connectivity index (χ4n) is 2.39. The minimum absolute atomic E-state index is 0.207. The predicted octanol–water partition coefficient (Wildman–Crippen LogP) is 3.49. The van der Waals surface area contributed by atoms with E-state index in [2.05, 4.69) is 10.3 Å². The predicted molar refractivity (Wildman–Crippen MR) is 90.6 cm³/mol. The number of pyridine rings is 1. The lowest BCUT2D eigenvalue weighted by Crippen LogP contribution is -2.27. The lowest BCUT2D eigenvalue weighted by atomic mass is 10.2. The molecule has 1 aromatic heterocycles. The normalized spacial score (nSPS) is 13.6. The first-order valence-electron chi connectivity index (χ1n) is 8.02. The molecule has 2 heterocycles. The Kier molecular flexibility index (Phi) is 5.11. The van der Waals surface area contributed by atoms with Crippen LogP contribution in [0.25, 0.3) is 0 Å². The summed E-state index contributed by atoms with van der Waals surface area (Å²) in [5.74, 6) is 1.69. The SMILES string of the molecule is Cc1ccccc1Oc1ccnc(CNC(=O)C2=CCCCO2)c1. The number of ether oxygens (including phenoxy) is 2. The van der Waals surface area contributed by atoms with E-state index in [-0.39, 0.29) is 5.91 Å². The smallest absolute Gasteiger partial charge is 0.286 e. The quantitative estimate of drug-likeness (QED) is 0.914. The number of rotatable bonds is 5. The third kappa shape index (κ3) is 4.13. The van der Waals surface area contributed by atoms with Gasteiger partial charge >= 0.3 is 0 Å². The van der Waals surface area contributed by atoms with Gasteiger partial charge in [-0.05, 0) is 43.5 Å². The summed E-state index contributed by atoms with van der Waals surface area (Å²) in [7, 11) is 0. The molecule has 0 saturated heterocycles. The summed E-state index contributed by atoms with van der Waals surface area (Å²) < 4.78 is 11.2. The number of nitrogens with zero attached hydrogens (tertiary/aromatic N) is 1. The molecular formula is C19H20N2O3. The maximum atomic E-state index is 12.0. The highest BCUT2D eigenvalue weighted by atomic mass is 16.5. The zero-order valence-electron chi connectivity index (χ0n) is 13.6. The maximum absolute atomic E-state index is 12.0. The molecule has 0 bridgehead atoms. The van der Waals surface area contributed by atoms with E-state index in [1.165, 1.54) is 0 Å². The molecule has 5 nitrogen and oxygen atoms in total. The van der Waals surface area contributed by atoms with Crippen LogP contribution in [0.3, 0.4) is 0 Å². The Morgan fingerprint density at radius 1 is 1.33 bits per heavy atom. The molecule has 0 radical (unpaired) electrons. The lowest BCUT2D eigenvalue weighted by Gasteiger charge is -2.14. The van der Waals surface area contributed by atoms with E-state index in [1.807, 2.05) is 43.3 Å². The van der Waals surface area contributed by atoms with Crippen LogP contribution in [0, 0.1) is 6.92 Å². The van der Waals surface area contributed by atoms with Gasteiger partial charge in [0, 0.05) is 12.3 Å². The summed E-state index contributed by atoms with van der Waals surface area (Å²) in [6.45, 7) is 2.91. The molecule has 0 atom stereocenters. The topological polar surface area (TPSA) is 60.5 Å². The van der Waals surface area contributed by atoms with Crippen molar-refractivity contribution in [3.05, 3.63) is 65.7 Å². The monoisotopic (exact) mass is 324 g/mol. The first-order valence-corrected chi connectivity index (χ1v) is 8.02. The van der Waals surface area contributed by atoms with Crippen LogP contribution in [0.1, 0.15) is 24.1 Å².